The van der Waals surface area contributed by atoms with Gasteiger partial charge in [0.05, 0.1) is 13.2 Å². The van der Waals surface area contributed by atoms with Gasteiger partial charge < -0.3 is 28.7 Å². The normalized spacial score (nSPS) is 22.2. The molecule has 2 fully saturated rings. The number of aromatic amines is 1. The minimum Gasteiger partial charge on any atom is -0.368 e. The molecule has 0 aromatic carbocycles. The molecular weight excluding hydrogens is 633 g/mol. The van der Waals surface area contributed by atoms with Crippen molar-refractivity contribution in [2.75, 3.05) is 26.3 Å². The summed E-state index contributed by atoms with van der Waals surface area (Å²) in [5.41, 5.74) is -2.02. The number of hydrogen-bond donors (Lipinski definition) is 2. The molecule has 1 aromatic heterocycles. The third-order valence-corrected chi connectivity index (χ3v) is 10.9. The first kappa shape index (κ1) is 39.9. The standard InChI is InChI=1S/C35H56N5O7P/c1-8-10-11-12-13-14-15-16-17-20-29(41)37-21-18-19-28-24-39(34(43)38-32(28)42)33-30-31(35(9-2,46-33)25-44-30)47-48(45-23-22-36-7)40(26(3)4)27(5)6/h24,26-27,30-31,33H,8-17,20-23,25H2,1-6H3,(H,37,41)(H,38,42,43)/t30-,31?,33-,35-,48?/m1/s1. The lowest BCUT2D eigenvalue weighted by Gasteiger charge is -2.38. The van der Waals surface area contributed by atoms with Gasteiger partial charge in [-0.25, -0.2) is 16.0 Å². The maximum absolute atomic E-state index is 13.1. The highest BCUT2D eigenvalue weighted by atomic mass is 31.2. The van der Waals surface area contributed by atoms with Crippen molar-refractivity contribution in [2.24, 2.45) is 0 Å². The van der Waals surface area contributed by atoms with E-state index in [4.69, 9.17) is 25.1 Å². The zero-order valence-electron chi connectivity index (χ0n) is 29.7. The number of aromatic nitrogens is 2. The van der Waals surface area contributed by atoms with Crippen LogP contribution in [0, 0.1) is 18.4 Å². The van der Waals surface area contributed by atoms with E-state index in [1.54, 1.807) is 0 Å². The fourth-order valence-corrected chi connectivity index (χ4v) is 8.02. The average Bonchev–Trinajstić information content (AvgIpc) is 3.54. The van der Waals surface area contributed by atoms with Gasteiger partial charge in [-0.1, -0.05) is 77.1 Å². The molecule has 12 nitrogen and oxygen atoms in total. The lowest BCUT2D eigenvalue weighted by molar-refractivity contribution is -0.175. The van der Waals surface area contributed by atoms with Gasteiger partial charge >= 0.3 is 5.69 Å². The molecule has 2 saturated heterocycles. The third-order valence-electron chi connectivity index (χ3n) is 8.77. The maximum atomic E-state index is 13.1. The van der Waals surface area contributed by atoms with Crippen molar-refractivity contribution >= 4 is 14.4 Å². The van der Waals surface area contributed by atoms with Crippen molar-refractivity contribution < 1.29 is 23.3 Å². The smallest absolute Gasteiger partial charge is 0.330 e. The summed E-state index contributed by atoms with van der Waals surface area (Å²) < 4.78 is 29.0. The Morgan fingerprint density at radius 3 is 2.44 bits per heavy atom. The van der Waals surface area contributed by atoms with Crippen molar-refractivity contribution in [3.05, 3.63) is 44.0 Å². The fourth-order valence-electron chi connectivity index (χ4n) is 6.22. The number of H-pyrrole nitrogens is 1. The molecular formula is C35H56N5O7P. The van der Waals surface area contributed by atoms with E-state index >= 15 is 0 Å². The van der Waals surface area contributed by atoms with Gasteiger partial charge in [0.15, 0.2) is 6.23 Å². The van der Waals surface area contributed by atoms with Crippen LogP contribution in [0.15, 0.2) is 15.8 Å². The van der Waals surface area contributed by atoms with Crippen LogP contribution in [-0.4, -0.2) is 76.3 Å². The van der Waals surface area contributed by atoms with Gasteiger partial charge in [-0.2, -0.15) is 0 Å². The second-order valence-electron chi connectivity index (χ2n) is 13.1. The molecule has 0 aliphatic carbocycles. The van der Waals surface area contributed by atoms with Crippen LogP contribution in [0.5, 0.6) is 0 Å². The molecule has 0 saturated carbocycles. The second kappa shape index (κ2) is 20.2. The first-order chi connectivity index (χ1) is 23.1. The molecule has 0 spiro atoms. The van der Waals surface area contributed by atoms with E-state index in [9.17, 15) is 14.4 Å². The highest BCUT2D eigenvalue weighted by molar-refractivity contribution is 7.44. The van der Waals surface area contributed by atoms with Crippen LogP contribution in [0.1, 0.15) is 124 Å². The molecule has 0 radical (unpaired) electrons. The van der Waals surface area contributed by atoms with Crippen LogP contribution in [-0.2, 0) is 23.3 Å². The van der Waals surface area contributed by atoms with E-state index in [0.717, 1.165) is 19.3 Å². The van der Waals surface area contributed by atoms with Crippen molar-refractivity contribution in [3.8, 4) is 11.8 Å². The van der Waals surface area contributed by atoms with Gasteiger partial charge in [-0.3, -0.25) is 19.1 Å². The lowest BCUT2D eigenvalue weighted by atomic mass is 9.96. The Hall–Kier alpha value is -2.57. The van der Waals surface area contributed by atoms with Crippen molar-refractivity contribution in [3.63, 3.8) is 0 Å². The van der Waals surface area contributed by atoms with Gasteiger partial charge in [0.1, 0.15) is 30.0 Å². The first-order valence-electron chi connectivity index (χ1n) is 17.7. The first-order valence-corrected chi connectivity index (χ1v) is 18.8. The van der Waals surface area contributed by atoms with Crippen molar-refractivity contribution in [2.45, 2.75) is 148 Å². The van der Waals surface area contributed by atoms with E-state index in [1.807, 2.05) is 6.92 Å². The number of nitrogens with one attached hydrogen (secondary N) is 2. The zero-order valence-corrected chi connectivity index (χ0v) is 30.6. The molecule has 13 heteroatoms. The topological polar surface area (TPSA) is 128 Å². The van der Waals surface area contributed by atoms with Crippen molar-refractivity contribution in [1.29, 1.82) is 0 Å². The number of fused-ring (bicyclic) bond motifs is 2. The Labute approximate surface area is 287 Å². The fraction of sp³-hybridized carbons (Fsp3) is 0.771. The van der Waals surface area contributed by atoms with Gasteiger partial charge in [0.25, 0.3) is 14.1 Å². The molecule has 2 aliphatic heterocycles. The van der Waals surface area contributed by atoms with Gasteiger partial charge in [-0.05, 0) is 40.5 Å². The van der Waals surface area contributed by atoms with Crippen LogP contribution >= 0.6 is 8.53 Å². The third kappa shape index (κ3) is 11.0. The number of carbonyl (C=O) groups excluding carboxylic acids is 1. The monoisotopic (exact) mass is 689 g/mol. The summed E-state index contributed by atoms with van der Waals surface area (Å²) in [6, 6.07) is 0.224. The molecule has 2 aliphatic rings. The molecule has 3 heterocycles. The summed E-state index contributed by atoms with van der Waals surface area (Å²) >= 11 is 0. The predicted octanol–water partition coefficient (Wildman–Crippen LogP) is 5.67. The Morgan fingerprint density at radius 2 is 1.81 bits per heavy atom. The zero-order chi connectivity index (χ0) is 35.1. The quantitative estimate of drug-likeness (QED) is 0.0732. The van der Waals surface area contributed by atoms with Crippen LogP contribution in [0.3, 0.4) is 0 Å². The highest BCUT2D eigenvalue weighted by Crippen LogP contribution is 2.55. The highest BCUT2D eigenvalue weighted by Gasteiger charge is 2.63. The van der Waals surface area contributed by atoms with Crippen LogP contribution in [0.4, 0.5) is 0 Å². The minimum absolute atomic E-state index is 0.0684. The second-order valence-corrected chi connectivity index (χ2v) is 14.5. The molecule has 2 N–H and O–H groups in total. The number of amides is 1. The molecule has 5 atom stereocenters. The molecule has 1 amide bonds. The number of carbonyl (C=O) groups is 1. The number of unbranched alkanes of at least 4 members (excludes halogenated alkanes) is 8. The summed E-state index contributed by atoms with van der Waals surface area (Å²) in [5, 5.41) is 2.80. The maximum Gasteiger partial charge on any atom is 0.330 e. The average molecular weight is 690 g/mol. The summed E-state index contributed by atoms with van der Waals surface area (Å²) in [6.07, 6.45) is 11.0. The van der Waals surface area contributed by atoms with Crippen LogP contribution in [0.2, 0.25) is 0 Å². The van der Waals surface area contributed by atoms with Crippen LogP contribution < -0.4 is 16.6 Å². The Morgan fingerprint density at radius 1 is 1.15 bits per heavy atom. The Bertz CT molecular complexity index is 1370. The Kier molecular flexibility index (Phi) is 16.8. The van der Waals surface area contributed by atoms with E-state index in [-0.39, 0.29) is 49.9 Å². The minimum atomic E-state index is -1.58. The SMILES string of the molecule is [C-]#[N+]CCOP(OC1[C@H]2OC[C@@]1(CC)O[C@H]2n1cc(C#CCNC(=O)CCCCCCCCCCC)c(=O)[nH]c1=O)N(C(C)C)C(C)C. The van der Waals surface area contributed by atoms with Gasteiger partial charge in [0.2, 0.25) is 12.5 Å². The lowest BCUT2D eigenvalue weighted by Crippen LogP contribution is -2.43. The predicted molar refractivity (Wildman–Crippen MR) is 187 cm³/mol. The molecule has 48 heavy (non-hydrogen) atoms. The Balaban J connectivity index is 1.65. The van der Waals surface area contributed by atoms with E-state index in [1.165, 1.54) is 49.3 Å². The van der Waals surface area contributed by atoms with E-state index < -0.39 is 43.8 Å². The molecule has 268 valence electrons. The summed E-state index contributed by atoms with van der Waals surface area (Å²) in [4.78, 5) is 43.7. The summed E-state index contributed by atoms with van der Waals surface area (Å²) in [7, 11) is -1.58. The number of ether oxygens (including phenoxy) is 2. The molecule has 2 bridgehead atoms. The largest absolute Gasteiger partial charge is 0.368 e. The summed E-state index contributed by atoms with van der Waals surface area (Å²) in [6.45, 7) is 20.5. The van der Waals surface area contributed by atoms with Crippen LogP contribution in [0.25, 0.3) is 4.85 Å². The van der Waals surface area contributed by atoms with E-state index in [2.05, 4.69) is 66.3 Å². The number of rotatable bonds is 21. The van der Waals surface area contributed by atoms with Crippen molar-refractivity contribution in [1.82, 2.24) is 19.5 Å². The molecule has 1 aromatic rings. The number of hydrogen-bond acceptors (Lipinski definition) is 8. The summed E-state index contributed by atoms with van der Waals surface area (Å²) in [5.74, 6) is 5.57. The van der Waals surface area contributed by atoms with Gasteiger partial charge in [-0.15, -0.1) is 0 Å². The van der Waals surface area contributed by atoms with Gasteiger partial charge in [0, 0.05) is 24.7 Å². The molecule has 2 unspecified atom stereocenters. The van der Waals surface area contributed by atoms with E-state index in [0.29, 0.717) is 12.8 Å². The molecule has 3 rings (SSSR count). The number of nitrogens with zero attached hydrogens (tertiary/aromatic N) is 3.